The van der Waals surface area contributed by atoms with E-state index in [0.717, 1.165) is 33.0 Å². The third kappa shape index (κ3) is 1.88. The fraction of sp³-hybridized carbons (Fsp3) is 0.333. The molecule has 1 saturated heterocycles. The summed E-state index contributed by atoms with van der Waals surface area (Å²) in [7, 11) is 0. The Morgan fingerprint density at radius 2 is 1.37 bits per heavy atom. The van der Waals surface area contributed by atoms with Crippen LogP contribution in [0.4, 0.5) is 0 Å². The molecule has 1 fully saturated rings. The minimum atomic E-state index is -0.779. The fourth-order valence-electron chi connectivity index (χ4n) is 4.15. The van der Waals surface area contributed by atoms with Crippen molar-refractivity contribution in [3.05, 3.63) is 48.5 Å². The van der Waals surface area contributed by atoms with E-state index in [-0.39, 0.29) is 0 Å². The number of hydroxylamine groups is 4. The van der Waals surface area contributed by atoms with Gasteiger partial charge >= 0.3 is 0 Å². The Labute approximate surface area is 156 Å². The van der Waals surface area contributed by atoms with Crippen molar-refractivity contribution >= 4 is 33.0 Å². The molecule has 0 aliphatic carbocycles. The summed E-state index contributed by atoms with van der Waals surface area (Å²) in [4.78, 5) is 0. The van der Waals surface area contributed by atoms with Crippen LogP contribution in [0.15, 0.2) is 52.9 Å². The SMILES string of the molecule is CC1(C)N(O)C(n2c3ccccc3c3oc4ccccc4c32)N(O)C1(C)C. The molecule has 3 heterocycles. The number of fused-ring (bicyclic) bond motifs is 5. The fourth-order valence-corrected chi connectivity index (χ4v) is 4.15. The zero-order valence-electron chi connectivity index (χ0n) is 15.8. The van der Waals surface area contributed by atoms with Crippen LogP contribution in [-0.4, -0.2) is 36.2 Å². The third-order valence-electron chi connectivity index (χ3n) is 6.53. The summed E-state index contributed by atoms with van der Waals surface area (Å²) in [5.74, 6) is 0. The predicted octanol–water partition coefficient (Wildman–Crippen LogP) is 4.95. The standard InChI is InChI=1S/C21H23N3O3/c1-20(2)21(3,4)24(26)19(23(20)25)22-15-11-7-5-9-13(15)18-17(22)14-10-6-8-12-16(14)27-18/h5-12,19,25-26H,1-4H3. The highest BCUT2D eigenvalue weighted by atomic mass is 16.6. The lowest BCUT2D eigenvalue weighted by atomic mass is 9.84. The van der Waals surface area contributed by atoms with Gasteiger partial charge in [-0.3, -0.25) is 0 Å². The van der Waals surface area contributed by atoms with E-state index in [1.165, 1.54) is 10.1 Å². The van der Waals surface area contributed by atoms with Gasteiger partial charge in [-0.05, 0) is 52.0 Å². The summed E-state index contributed by atoms with van der Waals surface area (Å²) in [6.45, 7) is 7.69. The number of hydrogen-bond acceptors (Lipinski definition) is 5. The smallest absolute Gasteiger partial charge is 0.189 e. The first-order valence-corrected chi connectivity index (χ1v) is 9.13. The maximum Gasteiger partial charge on any atom is 0.189 e. The number of para-hydroxylation sites is 2. The first-order valence-electron chi connectivity index (χ1n) is 9.13. The van der Waals surface area contributed by atoms with Gasteiger partial charge in [0, 0.05) is 10.8 Å². The topological polar surface area (TPSA) is 65.0 Å². The van der Waals surface area contributed by atoms with E-state index < -0.39 is 17.4 Å². The molecule has 27 heavy (non-hydrogen) atoms. The second kappa shape index (κ2) is 5.11. The molecule has 2 N–H and O–H groups in total. The Hall–Kier alpha value is -2.38. The van der Waals surface area contributed by atoms with Crippen molar-refractivity contribution in [1.82, 2.24) is 14.7 Å². The molecule has 140 valence electrons. The Morgan fingerprint density at radius 3 is 2.04 bits per heavy atom. The normalized spacial score (nSPS) is 21.1. The molecule has 0 radical (unpaired) electrons. The van der Waals surface area contributed by atoms with Gasteiger partial charge < -0.3 is 19.4 Å². The van der Waals surface area contributed by atoms with Crippen LogP contribution in [0, 0.1) is 0 Å². The molecule has 0 spiro atoms. The molecule has 6 heteroatoms. The van der Waals surface area contributed by atoms with Crippen LogP contribution < -0.4 is 0 Å². The lowest BCUT2D eigenvalue weighted by Crippen LogP contribution is -2.52. The van der Waals surface area contributed by atoms with Crippen LogP contribution in [0.2, 0.25) is 0 Å². The summed E-state index contributed by atoms with van der Waals surface area (Å²) in [5.41, 5.74) is 1.95. The first kappa shape index (κ1) is 16.8. The Balaban J connectivity index is 1.92. The molecule has 1 aliphatic heterocycles. The van der Waals surface area contributed by atoms with Crippen LogP contribution in [0.3, 0.4) is 0 Å². The minimum Gasteiger partial charge on any atom is -0.454 e. The molecule has 0 amide bonds. The zero-order valence-corrected chi connectivity index (χ0v) is 15.8. The van der Waals surface area contributed by atoms with Crippen molar-refractivity contribution in [3.63, 3.8) is 0 Å². The number of furan rings is 1. The van der Waals surface area contributed by atoms with E-state index in [4.69, 9.17) is 4.42 Å². The van der Waals surface area contributed by atoms with E-state index >= 15 is 0 Å². The molecule has 5 rings (SSSR count). The number of benzene rings is 2. The molecule has 0 unspecified atom stereocenters. The molecule has 0 saturated carbocycles. The van der Waals surface area contributed by atoms with Gasteiger partial charge in [-0.25, -0.2) is 0 Å². The van der Waals surface area contributed by atoms with Gasteiger partial charge in [0.1, 0.15) is 5.58 Å². The van der Waals surface area contributed by atoms with Crippen molar-refractivity contribution in [2.24, 2.45) is 0 Å². The summed E-state index contributed by atoms with van der Waals surface area (Å²) in [6, 6.07) is 15.8. The summed E-state index contributed by atoms with van der Waals surface area (Å²) in [6.07, 6.45) is -0.779. The van der Waals surface area contributed by atoms with Crippen molar-refractivity contribution in [2.45, 2.75) is 45.1 Å². The van der Waals surface area contributed by atoms with Crippen molar-refractivity contribution in [2.75, 3.05) is 0 Å². The molecule has 4 aromatic rings. The largest absolute Gasteiger partial charge is 0.454 e. The number of nitrogens with zero attached hydrogens (tertiary/aromatic N) is 3. The molecule has 0 atom stereocenters. The van der Waals surface area contributed by atoms with Gasteiger partial charge in [-0.1, -0.05) is 24.3 Å². The van der Waals surface area contributed by atoms with E-state index in [1.807, 2.05) is 80.8 Å². The van der Waals surface area contributed by atoms with Gasteiger partial charge in [0.2, 0.25) is 0 Å². The Morgan fingerprint density at radius 1 is 0.815 bits per heavy atom. The molecular formula is C21H23N3O3. The molecular weight excluding hydrogens is 342 g/mol. The third-order valence-corrected chi connectivity index (χ3v) is 6.53. The second-order valence-electron chi connectivity index (χ2n) is 8.32. The number of aromatic nitrogens is 1. The van der Waals surface area contributed by atoms with Crippen LogP contribution in [-0.2, 0) is 0 Å². The molecule has 2 aromatic heterocycles. The van der Waals surface area contributed by atoms with Gasteiger partial charge in [-0.15, -0.1) is 10.1 Å². The lowest BCUT2D eigenvalue weighted by molar-refractivity contribution is -0.247. The average molecular weight is 365 g/mol. The van der Waals surface area contributed by atoms with Crippen LogP contribution in [0.1, 0.15) is 34.0 Å². The molecule has 6 nitrogen and oxygen atoms in total. The van der Waals surface area contributed by atoms with Gasteiger partial charge in [0.05, 0.1) is 22.1 Å². The number of hydrogen-bond donors (Lipinski definition) is 2. The maximum absolute atomic E-state index is 11.1. The number of rotatable bonds is 1. The van der Waals surface area contributed by atoms with E-state index in [2.05, 4.69) is 0 Å². The second-order valence-corrected chi connectivity index (χ2v) is 8.32. The van der Waals surface area contributed by atoms with Crippen LogP contribution in [0.25, 0.3) is 33.0 Å². The van der Waals surface area contributed by atoms with Gasteiger partial charge in [0.25, 0.3) is 0 Å². The average Bonchev–Trinajstić information content (AvgIpc) is 3.20. The minimum absolute atomic E-state index is 0.677. The molecule has 0 bridgehead atoms. The van der Waals surface area contributed by atoms with E-state index in [1.54, 1.807) is 0 Å². The first-order chi connectivity index (χ1) is 12.8. The van der Waals surface area contributed by atoms with Crippen molar-refractivity contribution in [3.8, 4) is 0 Å². The summed E-state index contributed by atoms with van der Waals surface area (Å²) >= 11 is 0. The highest BCUT2D eigenvalue weighted by Gasteiger charge is 2.59. The monoisotopic (exact) mass is 365 g/mol. The predicted molar refractivity (Wildman–Crippen MR) is 104 cm³/mol. The van der Waals surface area contributed by atoms with Crippen LogP contribution >= 0.6 is 0 Å². The maximum atomic E-state index is 11.1. The molecule has 2 aromatic carbocycles. The Bertz CT molecular complexity index is 1160. The van der Waals surface area contributed by atoms with E-state index in [0.29, 0.717) is 0 Å². The highest BCUT2D eigenvalue weighted by Crippen LogP contribution is 2.49. The quantitative estimate of drug-likeness (QED) is 0.500. The lowest BCUT2D eigenvalue weighted by Gasteiger charge is -2.37. The van der Waals surface area contributed by atoms with Gasteiger partial charge in [-0.2, -0.15) is 0 Å². The zero-order chi connectivity index (χ0) is 19.1. The van der Waals surface area contributed by atoms with Gasteiger partial charge in [0.15, 0.2) is 11.9 Å². The highest BCUT2D eigenvalue weighted by molar-refractivity contribution is 6.15. The Kier molecular flexibility index (Phi) is 3.18. The molecule has 1 aliphatic rings. The summed E-state index contributed by atoms with van der Waals surface area (Å²) in [5, 5.41) is 26.6. The summed E-state index contributed by atoms with van der Waals surface area (Å²) < 4.78 is 8.12. The van der Waals surface area contributed by atoms with Crippen molar-refractivity contribution in [1.29, 1.82) is 0 Å². The van der Waals surface area contributed by atoms with Crippen LogP contribution in [0.5, 0.6) is 0 Å². The van der Waals surface area contributed by atoms with Crippen molar-refractivity contribution < 1.29 is 14.8 Å². The van der Waals surface area contributed by atoms with E-state index in [9.17, 15) is 10.4 Å².